The Morgan fingerprint density at radius 1 is 1.14 bits per heavy atom. The Bertz CT molecular complexity index is 784. The van der Waals surface area contributed by atoms with E-state index in [-0.39, 0.29) is 0 Å². The van der Waals surface area contributed by atoms with Gasteiger partial charge in [0.1, 0.15) is 15.7 Å². The maximum Gasteiger partial charge on any atom is 0.129 e. The van der Waals surface area contributed by atoms with Crippen LogP contribution >= 0.6 is 23.1 Å². The first-order valence-electron chi connectivity index (χ1n) is 7.15. The van der Waals surface area contributed by atoms with E-state index in [1.165, 1.54) is 21.4 Å². The summed E-state index contributed by atoms with van der Waals surface area (Å²) in [5.41, 5.74) is 2.49. The Hall–Kier alpha value is -1.43. The molecule has 2 aromatic heterocycles. The molecule has 0 aliphatic heterocycles. The zero-order valence-corrected chi connectivity index (χ0v) is 14.6. The molecule has 114 valence electrons. The molecule has 0 saturated carbocycles. The van der Waals surface area contributed by atoms with Crippen molar-refractivity contribution in [1.82, 2.24) is 9.97 Å². The Kier molecular flexibility index (Phi) is 4.76. The number of rotatable bonds is 5. The van der Waals surface area contributed by atoms with Gasteiger partial charge in [-0.25, -0.2) is 9.97 Å². The van der Waals surface area contributed by atoms with E-state index < -0.39 is 0 Å². The van der Waals surface area contributed by atoms with E-state index >= 15 is 0 Å². The Labute approximate surface area is 138 Å². The van der Waals surface area contributed by atoms with Crippen molar-refractivity contribution in [2.45, 2.75) is 18.9 Å². The van der Waals surface area contributed by atoms with E-state index in [0.717, 1.165) is 28.0 Å². The molecule has 3 nitrogen and oxygen atoms in total. The summed E-state index contributed by atoms with van der Waals surface area (Å²) in [6.45, 7) is 4.84. The van der Waals surface area contributed by atoms with Crippen molar-refractivity contribution < 1.29 is 4.74 Å². The first-order chi connectivity index (χ1) is 10.7. The highest BCUT2D eigenvalue weighted by Gasteiger charge is 2.17. The predicted octanol–water partition coefficient (Wildman–Crippen LogP) is 4.71. The highest BCUT2D eigenvalue weighted by Crippen LogP contribution is 2.41. The normalized spacial score (nSPS) is 11.2. The van der Waals surface area contributed by atoms with Crippen molar-refractivity contribution in [1.29, 1.82) is 0 Å². The summed E-state index contributed by atoms with van der Waals surface area (Å²) < 4.78 is 5.16. The molecule has 0 unspecified atom stereocenters. The SMILES string of the molecule is COCCSc1nc(C)nc2sc(C)c(-c3ccccc3)c12. The van der Waals surface area contributed by atoms with E-state index in [9.17, 15) is 0 Å². The van der Waals surface area contributed by atoms with Gasteiger partial charge in [-0.05, 0) is 19.4 Å². The van der Waals surface area contributed by atoms with Crippen LogP contribution in [-0.4, -0.2) is 29.4 Å². The van der Waals surface area contributed by atoms with Crippen LogP contribution in [0.25, 0.3) is 21.3 Å². The molecule has 0 atom stereocenters. The minimum Gasteiger partial charge on any atom is -0.384 e. The van der Waals surface area contributed by atoms with E-state index in [2.05, 4.69) is 41.2 Å². The van der Waals surface area contributed by atoms with E-state index in [4.69, 9.17) is 4.74 Å². The van der Waals surface area contributed by atoms with E-state index in [0.29, 0.717) is 0 Å². The number of nitrogens with zero attached hydrogens (tertiary/aromatic N) is 2. The minimum atomic E-state index is 0.721. The Morgan fingerprint density at radius 2 is 1.91 bits per heavy atom. The van der Waals surface area contributed by atoms with Crippen LogP contribution in [0.15, 0.2) is 35.4 Å². The molecule has 0 radical (unpaired) electrons. The fourth-order valence-electron chi connectivity index (χ4n) is 2.46. The number of hydrogen-bond acceptors (Lipinski definition) is 5. The molecule has 0 N–H and O–H groups in total. The van der Waals surface area contributed by atoms with Crippen LogP contribution in [0.5, 0.6) is 0 Å². The average molecular weight is 330 g/mol. The molecule has 0 amide bonds. The third kappa shape index (κ3) is 3.02. The molecule has 22 heavy (non-hydrogen) atoms. The van der Waals surface area contributed by atoms with Crippen LogP contribution in [0.1, 0.15) is 10.7 Å². The number of thiophene rings is 1. The van der Waals surface area contributed by atoms with Crippen molar-refractivity contribution in [3.8, 4) is 11.1 Å². The lowest BCUT2D eigenvalue weighted by atomic mass is 10.0. The molecular weight excluding hydrogens is 312 g/mol. The second-order valence-corrected chi connectivity index (χ2v) is 7.28. The number of benzene rings is 1. The molecule has 0 fully saturated rings. The summed E-state index contributed by atoms with van der Waals surface area (Å²) in [6, 6.07) is 10.5. The molecule has 0 aliphatic rings. The summed E-state index contributed by atoms with van der Waals surface area (Å²) in [5, 5.41) is 2.24. The maximum absolute atomic E-state index is 5.16. The number of methoxy groups -OCH3 is 1. The largest absolute Gasteiger partial charge is 0.384 e. The first kappa shape index (κ1) is 15.5. The fourth-order valence-corrected chi connectivity index (χ4v) is 4.60. The van der Waals surface area contributed by atoms with Crippen molar-refractivity contribution >= 4 is 33.3 Å². The third-order valence-electron chi connectivity index (χ3n) is 3.39. The van der Waals surface area contributed by atoms with Crippen molar-refractivity contribution in [2.75, 3.05) is 19.5 Å². The summed E-state index contributed by atoms with van der Waals surface area (Å²) in [5.74, 6) is 1.72. The number of fused-ring (bicyclic) bond motifs is 1. The van der Waals surface area contributed by atoms with Crippen LogP contribution < -0.4 is 0 Å². The molecule has 1 aromatic carbocycles. The van der Waals surface area contributed by atoms with E-state index in [1.807, 2.05) is 13.0 Å². The van der Waals surface area contributed by atoms with Crippen molar-refractivity contribution in [2.24, 2.45) is 0 Å². The van der Waals surface area contributed by atoms with Gasteiger partial charge in [0.25, 0.3) is 0 Å². The lowest BCUT2D eigenvalue weighted by Gasteiger charge is -2.07. The first-order valence-corrected chi connectivity index (χ1v) is 8.96. The Balaban J connectivity index is 2.17. The van der Waals surface area contributed by atoms with Gasteiger partial charge in [0.05, 0.1) is 12.0 Å². The second-order valence-electron chi connectivity index (χ2n) is 5.00. The Morgan fingerprint density at radius 3 is 2.64 bits per heavy atom. The van der Waals surface area contributed by atoms with Gasteiger partial charge < -0.3 is 4.74 Å². The molecule has 0 aliphatic carbocycles. The quantitative estimate of drug-likeness (QED) is 0.385. The number of aromatic nitrogens is 2. The fraction of sp³-hybridized carbons (Fsp3) is 0.294. The van der Waals surface area contributed by atoms with Gasteiger partial charge in [0, 0.05) is 23.3 Å². The molecule has 0 spiro atoms. The lowest BCUT2D eigenvalue weighted by Crippen LogP contribution is -1.96. The van der Waals surface area contributed by atoms with Crippen LogP contribution in [0, 0.1) is 13.8 Å². The summed E-state index contributed by atoms with van der Waals surface area (Å²) >= 11 is 3.49. The van der Waals surface area contributed by atoms with Crippen molar-refractivity contribution in [3.63, 3.8) is 0 Å². The zero-order chi connectivity index (χ0) is 15.5. The standard InChI is InChI=1S/C17H18N2OS2/c1-11-14(13-7-5-4-6-8-13)15-16(21-10-9-20-3)18-12(2)19-17(15)22-11/h4-8H,9-10H2,1-3H3. The van der Waals surface area contributed by atoms with Crippen LogP contribution in [0.3, 0.4) is 0 Å². The molecule has 3 rings (SSSR count). The highest BCUT2D eigenvalue weighted by molar-refractivity contribution is 7.99. The molecule has 0 bridgehead atoms. The van der Waals surface area contributed by atoms with Gasteiger partial charge >= 0.3 is 0 Å². The van der Waals surface area contributed by atoms with Crippen molar-refractivity contribution in [3.05, 3.63) is 41.0 Å². The predicted molar refractivity (Wildman–Crippen MR) is 94.9 cm³/mol. The lowest BCUT2D eigenvalue weighted by molar-refractivity contribution is 0.218. The van der Waals surface area contributed by atoms with E-state index in [1.54, 1.807) is 30.2 Å². The summed E-state index contributed by atoms with van der Waals surface area (Å²) in [4.78, 5) is 11.7. The van der Waals surface area contributed by atoms with Crippen LogP contribution in [-0.2, 0) is 4.74 Å². The molecule has 3 aromatic rings. The molecule has 5 heteroatoms. The van der Waals surface area contributed by atoms with Gasteiger partial charge in [0.2, 0.25) is 0 Å². The summed E-state index contributed by atoms with van der Waals surface area (Å²) in [7, 11) is 1.73. The number of thioether (sulfide) groups is 1. The average Bonchev–Trinajstić information content (AvgIpc) is 2.84. The van der Waals surface area contributed by atoms with Crippen LogP contribution in [0.4, 0.5) is 0 Å². The molecule has 0 saturated heterocycles. The zero-order valence-electron chi connectivity index (χ0n) is 12.9. The monoisotopic (exact) mass is 330 g/mol. The van der Waals surface area contributed by atoms with Gasteiger partial charge in [-0.15, -0.1) is 23.1 Å². The van der Waals surface area contributed by atoms with Gasteiger partial charge in [-0.3, -0.25) is 0 Å². The second kappa shape index (κ2) is 6.77. The minimum absolute atomic E-state index is 0.721. The number of hydrogen-bond donors (Lipinski definition) is 0. The topological polar surface area (TPSA) is 35.0 Å². The third-order valence-corrected chi connectivity index (χ3v) is 5.33. The summed E-state index contributed by atoms with van der Waals surface area (Å²) in [6.07, 6.45) is 0. The number of aryl methyl sites for hydroxylation is 2. The smallest absolute Gasteiger partial charge is 0.129 e. The van der Waals surface area contributed by atoms with Gasteiger partial charge in [0.15, 0.2) is 0 Å². The molecule has 2 heterocycles. The van der Waals surface area contributed by atoms with Gasteiger partial charge in [-0.2, -0.15) is 0 Å². The van der Waals surface area contributed by atoms with Gasteiger partial charge in [-0.1, -0.05) is 30.3 Å². The molecular formula is C17H18N2OS2. The maximum atomic E-state index is 5.16. The highest BCUT2D eigenvalue weighted by atomic mass is 32.2. The number of ether oxygens (including phenoxy) is 1. The van der Waals surface area contributed by atoms with Crippen LogP contribution in [0.2, 0.25) is 0 Å².